The number of amidine groups is 1. The van der Waals surface area contributed by atoms with E-state index in [1.807, 2.05) is 78.9 Å². The molecule has 1 aliphatic rings. The largest absolute Gasteiger partial charge is 0.488 e. The number of thioether (sulfide) groups is 1. The number of rotatable bonds is 6. The fourth-order valence-electron chi connectivity index (χ4n) is 3.12. The lowest BCUT2D eigenvalue weighted by molar-refractivity contribution is -0.115. The Hall–Kier alpha value is -3.02. The number of hydrogen-bond donors (Lipinski definition) is 1. The molecule has 4 rings (SSSR count). The summed E-state index contributed by atoms with van der Waals surface area (Å²) in [6.07, 6.45) is 2.72. The maximum absolute atomic E-state index is 12.5. The Morgan fingerprint density at radius 2 is 1.77 bits per heavy atom. The van der Waals surface area contributed by atoms with Gasteiger partial charge in [0.05, 0.1) is 10.6 Å². The second-order valence-electron chi connectivity index (χ2n) is 6.92. The van der Waals surface area contributed by atoms with Crippen LogP contribution in [0.4, 0.5) is 5.69 Å². The summed E-state index contributed by atoms with van der Waals surface area (Å²) in [5, 5.41) is 4.13. The van der Waals surface area contributed by atoms with E-state index in [1.165, 1.54) is 11.8 Å². The van der Waals surface area contributed by atoms with Crippen LogP contribution in [0.3, 0.4) is 0 Å². The maximum atomic E-state index is 12.5. The number of hydrogen-bond acceptors (Lipinski definition) is 4. The smallest absolute Gasteiger partial charge is 0.264 e. The van der Waals surface area contributed by atoms with E-state index in [-0.39, 0.29) is 5.91 Å². The Labute approximate surface area is 191 Å². The standard InChI is InChI=1S/C25H21ClN2O2S/c1-2-18-7-3-5-9-21(18)27-25-28-24(29)23(31-25)15-19-8-4-6-10-22(19)30-16-17-11-13-20(26)14-12-17/h3-15H,2,16H2,1H3,(H,27,28,29). The van der Waals surface area contributed by atoms with E-state index in [2.05, 4.69) is 17.2 Å². The zero-order chi connectivity index (χ0) is 21.6. The Bertz CT molecular complexity index is 1160. The van der Waals surface area contributed by atoms with Crippen LogP contribution in [0, 0.1) is 0 Å². The summed E-state index contributed by atoms with van der Waals surface area (Å²) < 4.78 is 6.00. The van der Waals surface area contributed by atoms with E-state index < -0.39 is 0 Å². The van der Waals surface area contributed by atoms with Crippen molar-refractivity contribution in [1.82, 2.24) is 5.32 Å². The van der Waals surface area contributed by atoms with E-state index in [0.717, 1.165) is 28.8 Å². The number of halogens is 1. The molecule has 1 N–H and O–H groups in total. The first-order chi connectivity index (χ1) is 15.1. The summed E-state index contributed by atoms with van der Waals surface area (Å²) in [5.41, 5.74) is 3.87. The van der Waals surface area contributed by atoms with Crippen molar-refractivity contribution in [3.63, 3.8) is 0 Å². The Kier molecular flexibility index (Phi) is 6.75. The highest BCUT2D eigenvalue weighted by atomic mass is 35.5. The Morgan fingerprint density at radius 3 is 2.58 bits per heavy atom. The van der Waals surface area contributed by atoms with Gasteiger partial charge in [-0.3, -0.25) is 4.79 Å². The van der Waals surface area contributed by atoms with Crippen LogP contribution in [0.2, 0.25) is 5.02 Å². The molecule has 0 atom stereocenters. The molecule has 0 spiro atoms. The van der Waals surface area contributed by atoms with Crippen molar-refractivity contribution < 1.29 is 9.53 Å². The number of carbonyl (C=O) groups is 1. The molecule has 0 aliphatic carbocycles. The van der Waals surface area contributed by atoms with Gasteiger partial charge in [0.1, 0.15) is 12.4 Å². The van der Waals surface area contributed by atoms with Crippen LogP contribution in [0.25, 0.3) is 6.08 Å². The number of aryl methyl sites for hydroxylation is 1. The van der Waals surface area contributed by atoms with Crippen LogP contribution >= 0.6 is 23.4 Å². The normalized spacial score (nSPS) is 16.0. The lowest BCUT2D eigenvalue weighted by Gasteiger charge is -2.09. The van der Waals surface area contributed by atoms with Crippen molar-refractivity contribution in [3.8, 4) is 5.75 Å². The summed E-state index contributed by atoms with van der Waals surface area (Å²) in [6, 6.07) is 23.1. The van der Waals surface area contributed by atoms with Gasteiger partial charge in [-0.25, -0.2) is 4.99 Å². The molecule has 1 fully saturated rings. The fraction of sp³-hybridized carbons (Fsp3) is 0.120. The lowest BCUT2D eigenvalue weighted by Crippen LogP contribution is -2.19. The third-order valence-electron chi connectivity index (χ3n) is 4.76. The number of aliphatic imine (C=N–C) groups is 1. The molecule has 0 bridgehead atoms. The highest BCUT2D eigenvalue weighted by Crippen LogP contribution is 2.31. The summed E-state index contributed by atoms with van der Waals surface area (Å²) in [5.74, 6) is 0.547. The van der Waals surface area contributed by atoms with Gasteiger partial charge in [0.25, 0.3) is 5.91 Å². The van der Waals surface area contributed by atoms with Gasteiger partial charge in [-0.15, -0.1) is 0 Å². The molecule has 0 saturated carbocycles. The van der Waals surface area contributed by atoms with Crippen molar-refractivity contribution in [2.24, 2.45) is 4.99 Å². The second-order valence-corrected chi connectivity index (χ2v) is 8.38. The average Bonchev–Trinajstić information content (AvgIpc) is 3.13. The first-order valence-electron chi connectivity index (χ1n) is 9.96. The predicted molar refractivity (Wildman–Crippen MR) is 129 cm³/mol. The molecule has 0 unspecified atom stereocenters. The summed E-state index contributed by atoms with van der Waals surface area (Å²) in [4.78, 5) is 17.7. The number of para-hydroxylation sites is 2. The Balaban J connectivity index is 1.53. The van der Waals surface area contributed by atoms with Crippen LogP contribution in [0.15, 0.2) is 82.7 Å². The van der Waals surface area contributed by atoms with E-state index in [0.29, 0.717) is 27.5 Å². The molecule has 156 valence electrons. The van der Waals surface area contributed by atoms with Crippen LogP contribution in [-0.2, 0) is 17.8 Å². The highest BCUT2D eigenvalue weighted by Gasteiger charge is 2.24. The van der Waals surface area contributed by atoms with Gasteiger partial charge in [0.2, 0.25) is 0 Å². The lowest BCUT2D eigenvalue weighted by atomic mass is 10.1. The zero-order valence-electron chi connectivity index (χ0n) is 17.0. The maximum Gasteiger partial charge on any atom is 0.264 e. The molecule has 4 nitrogen and oxygen atoms in total. The van der Waals surface area contributed by atoms with E-state index >= 15 is 0 Å². The number of nitrogens with zero attached hydrogens (tertiary/aromatic N) is 1. The molecule has 0 radical (unpaired) electrons. The van der Waals surface area contributed by atoms with Crippen molar-refractivity contribution >= 4 is 46.2 Å². The molecule has 0 aromatic heterocycles. The number of amides is 1. The topological polar surface area (TPSA) is 50.7 Å². The van der Waals surface area contributed by atoms with Crippen LogP contribution < -0.4 is 10.1 Å². The summed E-state index contributed by atoms with van der Waals surface area (Å²) in [7, 11) is 0. The van der Waals surface area contributed by atoms with Gasteiger partial charge in [0.15, 0.2) is 5.17 Å². The monoisotopic (exact) mass is 448 g/mol. The van der Waals surface area contributed by atoms with Gasteiger partial charge >= 0.3 is 0 Å². The van der Waals surface area contributed by atoms with E-state index in [1.54, 1.807) is 0 Å². The van der Waals surface area contributed by atoms with Gasteiger partial charge < -0.3 is 10.1 Å². The first-order valence-corrected chi connectivity index (χ1v) is 11.2. The van der Waals surface area contributed by atoms with Gasteiger partial charge in [0, 0.05) is 10.6 Å². The van der Waals surface area contributed by atoms with E-state index in [4.69, 9.17) is 16.3 Å². The second kappa shape index (κ2) is 9.86. The molecule has 6 heteroatoms. The number of benzene rings is 3. The molecule has 3 aromatic rings. The van der Waals surface area contributed by atoms with Crippen LogP contribution in [-0.4, -0.2) is 11.1 Å². The third kappa shape index (κ3) is 5.37. The minimum atomic E-state index is -0.162. The van der Waals surface area contributed by atoms with Crippen molar-refractivity contribution in [2.75, 3.05) is 0 Å². The van der Waals surface area contributed by atoms with Gasteiger partial charge in [-0.05, 0) is 59.7 Å². The molecular formula is C25H21ClN2O2S. The average molecular weight is 449 g/mol. The van der Waals surface area contributed by atoms with Crippen molar-refractivity contribution in [1.29, 1.82) is 0 Å². The van der Waals surface area contributed by atoms with E-state index in [9.17, 15) is 4.79 Å². The number of nitrogens with one attached hydrogen (secondary N) is 1. The van der Waals surface area contributed by atoms with Crippen molar-refractivity contribution in [2.45, 2.75) is 20.0 Å². The van der Waals surface area contributed by atoms with Crippen LogP contribution in [0.1, 0.15) is 23.6 Å². The van der Waals surface area contributed by atoms with Gasteiger partial charge in [-0.2, -0.15) is 0 Å². The minimum absolute atomic E-state index is 0.162. The molecule has 1 amide bonds. The quantitative estimate of drug-likeness (QED) is 0.445. The highest BCUT2D eigenvalue weighted by molar-refractivity contribution is 8.18. The SMILES string of the molecule is CCc1ccccc1N=C1NC(=O)C(=Cc2ccccc2OCc2ccc(Cl)cc2)S1. The predicted octanol–water partition coefficient (Wildman–Crippen LogP) is 6.37. The van der Waals surface area contributed by atoms with Crippen molar-refractivity contribution in [3.05, 3.63) is 99.4 Å². The third-order valence-corrected chi connectivity index (χ3v) is 5.92. The zero-order valence-corrected chi connectivity index (χ0v) is 18.5. The molecular weight excluding hydrogens is 428 g/mol. The number of carbonyl (C=O) groups excluding carboxylic acids is 1. The molecule has 1 heterocycles. The summed E-state index contributed by atoms with van der Waals surface area (Å²) in [6.45, 7) is 2.50. The number of ether oxygens (including phenoxy) is 1. The molecule has 1 aliphatic heterocycles. The summed E-state index contributed by atoms with van der Waals surface area (Å²) >= 11 is 7.28. The van der Waals surface area contributed by atoms with Gasteiger partial charge in [-0.1, -0.05) is 67.1 Å². The fourth-order valence-corrected chi connectivity index (χ4v) is 4.07. The Morgan fingerprint density at radius 1 is 1.03 bits per heavy atom. The first kappa shape index (κ1) is 21.2. The van der Waals surface area contributed by atoms with Crippen LogP contribution in [0.5, 0.6) is 5.75 Å². The minimum Gasteiger partial charge on any atom is -0.488 e. The molecule has 3 aromatic carbocycles. The molecule has 1 saturated heterocycles. The molecule has 31 heavy (non-hydrogen) atoms.